The number of nitrogens with one attached hydrogen (secondary N) is 1. The van der Waals surface area contributed by atoms with Gasteiger partial charge in [-0.2, -0.15) is 0 Å². The molecule has 102 valence electrons. The molecule has 7 heteroatoms. The van der Waals surface area contributed by atoms with Gasteiger partial charge in [-0.15, -0.1) is 11.3 Å². The molecule has 1 heterocycles. The van der Waals surface area contributed by atoms with Crippen LogP contribution in [0.2, 0.25) is 5.02 Å². The lowest BCUT2D eigenvalue weighted by molar-refractivity contribution is 0.414. The third-order valence-corrected chi connectivity index (χ3v) is 5.02. The molecule has 0 saturated heterocycles. The first-order valence-corrected chi connectivity index (χ1v) is 8.12. The summed E-state index contributed by atoms with van der Waals surface area (Å²) in [6.45, 7) is 0.268. The Balaban J connectivity index is 2.17. The number of sulfonamides is 1. The van der Waals surface area contributed by atoms with E-state index < -0.39 is 10.0 Å². The molecule has 0 radical (unpaired) electrons. The Labute approximate surface area is 121 Å². The van der Waals surface area contributed by atoms with Crippen molar-refractivity contribution in [3.63, 3.8) is 0 Å². The highest BCUT2D eigenvalue weighted by molar-refractivity contribution is 7.89. The standard InChI is InChI=1S/C12H12ClNO3S2/c1-17-12-5-4-10(7-11(12)13)19(15,16)14-8-9-3-2-6-18-9/h2-7,14H,8H2,1H3. The Morgan fingerprint density at radius 1 is 1.37 bits per heavy atom. The van der Waals surface area contributed by atoms with E-state index >= 15 is 0 Å². The quantitative estimate of drug-likeness (QED) is 0.922. The summed E-state index contributed by atoms with van der Waals surface area (Å²) in [5.41, 5.74) is 0. The predicted octanol–water partition coefficient (Wildman–Crippen LogP) is 2.89. The van der Waals surface area contributed by atoms with Gasteiger partial charge >= 0.3 is 0 Å². The summed E-state index contributed by atoms with van der Waals surface area (Å²) < 4.78 is 31.7. The molecule has 0 atom stereocenters. The van der Waals surface area contributed by atoms with Crippen LogP contribution in [-0.2, 0) is 16.6 Å². The van der Waals surface area contributed by atoms with Crippen LogP contribution in [0.5, 0.6) is 5.75 Å². The number of halogens is 1. The van der Waals surface area contributed by atoms with E-state index in [1.165, 1.54) is 36.6 Å². The van der Waals surface area contributed by atoms with Gasteiger partial charge in [-0.05, 0) is 29.6 Å². The van der Waals surface area contributed by atoms with Crippen molar-refractivity contribution in [1.29, 1.82) is 0 Å². The molecule has 0 spiro atoms. The topological polar surface area (TPSA) is 55.4 Å². The molecule has 0 saturated carbocycles. The van der Waals surface area contributed by atoms with Crippen LogP contribution in [0.3, 0.4) is 0 Å². The zero-order valence-corrected chi connectivity index (χ0v) is 12.5. The maximum absolute atomic E-state index is 12.1. The van der Waals surface area contributed by atoms with Crippen molar-refractivity contribution >= 4 is 33.0 Å². The fraction of sp³-hybridized carbons (Fsp3) is 0.167. The maximum atomic E-state index is 12.1. The van der Waals surface area contributed by atoms with E-state index in [0.717, 1.165) is 4.88 Å². The molecule has 0 unspecified atom stereocenters. The zero-order chi connectivity index (χ0) is 13.9. The van der Waals surface area contributed by atoms with E-state index in [1.54, 1.807) is 0 Å². The first-order chi connectivity index (χ1) is 9.03. The van der Waals surface area contributed by atoms with Crippen molar-refractivity contribution < 1.29 is 13.2 Å². The highest BCUT2D eigenvalue weighted by Crippen LogP contribution is 2.26. The van der Waals surface area contributed by atoms with E-state index in [-0.39, 0.29) is 16.5 Å². The Bertz CT molecular complexity index is 654. The molecule has 0 fully saturated rings. The lowest BCUT2D eigenvalue weighted by Gasteiger charge is -2.08. The summed E-state index contributed by atoms with van der Waals surface area (Å²) in [4.78, 5) is 1.07. The summed E-state index contributed by atoms with van der Waals surface area (Å²) in [6, 6.07) is 8.10. The molecule has 0 amide bonds. The monoisotopic (exact) mass is 317 g/mol. The zero-order valence-electron chi connectivity index (χ0n) is 10.1. The van der Waals surface area contributed by atoms with E-state index in [0.29, 0.717) is 5.75 Å². The summed E-state index contributed by atoms with van der Waals surface area (Å²) in [5, 5.41) is 2.16. The van der Waals surface area contributed by atoms with Crippen LogP contribution in [0.15, 0.2) is 40.6 Å². The molecule has 2 rings (SSSR count). The highest BCUT2D eigenvalue weighted by Gasteiger charge is 2.15. The summed E-state index contributed by atoms with van der Waals surface area (Å²) in [6.07, 6.45) is 0. The predicted molar refractivity (Wildman–Crippen MR) is 76.3 cm³/mol. The molecule has 2 aromatic rings. The number of methoxy groups -OCH3 is 1. The minimum absolute atomic E-state index is 0.120. The van der Waals surface area contributed by atoms with Crippen LogP contribution < -0.4 is 9.46 Å². The Morgan fingerprint density at radius 3 is 2.74 bits per heavy atom. The Kier molecular flexibility index (Phi) is 4.46. The lowest BCUT2D eigenvalue weighted by Crippen LogP contribution is -2.22. The van der Waals surface area contributed by atoms with Crippen molar-refractivity contribution in [1.82, 2.24) is 4.72 Å². The Morgan fingerprint density at radius 2 is 2.16 bits per heavy atom. The number of thiophene rings is 1. The van der Waals surface area contributed by atoms with E-state index in [4.69, 9.17) is 16.3 Å². The summed E-state index contributed by atoms with van der Waals surface area (Å²) >= 11 is 7.42. The fourth-order valence-corrected chi connectivity index (χ4v) is 3.57. The average molecular weight is 318 g/mol. The van der Waals surface area contributed by atoms with E-state index in [2.05, 4.69) is 4.72 Å². The first kappa shape index (κ1) is 14.3. The molecular weight excluding hydrogens is 306 g/mol. The molecule has 0 bridgehead atoms. The van der Waals surface area contributed by atoms with Crippen molar-refractivity contribution in [3.8, 4) is 5.75 Å². The van der Waals surface area contributed by atoms with E-state index in [1.807, 2.05) is 17.5 Å². The number of ether oxygens (including phenoxy) is 1. The largest absolute Gasteiger partial charge is 0.495 e. The molecule has 0 aliphatic carbocycles. The average Bonchev–Trinajstić information content (AvgIpc) is 2.89. The second-order valence-corrected chi connectivity index (χ2v) is 6.91. The highest BCUT2D eigenvalue weighted by atomic mass is 35.5. The molecule has 1 N–H and O–H groups in total. The van der Waals surface area contributed by atoms with Crippen LogP contribution in [-0.4, -0.2) is 15.5 Å². The number of rotatable bonds is 5. The van der Waals surface area contributed by atoms with Gasteiger partial charge < -0.3 is 4.74 Å². The molecule has 1 aromatic heterocycles. The van der Waals surface area contributed by atoms with Crippen LogP contribution in [0.4, 0.5) is 0 Å². The molecule has 0 aliphatic heterocycles. The molecule has 1 aromatic carbocycles. The second kappa shape index (κ2) is 5.92. The van der Waals surface area contributed by atoms with E-state index in [9.17, 15) is 8.42 Å². The van der Waals surface area contributed by atoms with Gasteiger partial charge in [0.05, 0.1) is 17.0 Å². The normalized spacial score (nSPS) is 11.5. The number of hydrogen-bond acceptors (Lipinski definition) is 4. The van der Waals surface area contributed by atoms with Gasteiger partial charge in [0.15, 0.2) is 0 Å². The maximum Gasteiger partial charge on any atom is 0.240 e. The van der Waals surface area contributed by atoms with Gasteiger partial charge in [0.1, 0.15) is 5.75 Å². The fourth-order valence-electron chi connectivity index (χ4n) is 1.48. The lowest BCUT2D eigenvalue weighted by atomic mass is 10.3. The van der Waals surface area contributed by atoms with Crippen LogP contribution in [0.25, 0.3) is 0 Å². The smallest absolute Gasteiger partial charge is 0.240 e. The second-order valence-electron chi connectivity index (χ2n) is 3.70. The SMILES string of the molecule is COc1ccc(S(=O)(=O)NCc2cccs2)cc1Cl. The third-order valence-electron chi connectivity index (χ3n) is 2.45. The minimum atomic E-state index is -3.57. The summed E-state index contributed by atoms with van der Waals surface area (Å²) in [5.74, 6) is 0.443. The van der Waals surface area contributed by atoms with Gasteiger partial charge in [-0.25, -0.2) is 13.1 Å². The van der Waals surface area contributed by atoms with Crippen LogP contribution in [0, 0.1) is 0 Å². The van der Waals surface area contributed by atoms with Crippen molar-refractivity contribution in [2.45, 2.75) is 11.4 Å². The van der Waals surface area contributed by atoms with Crippen LogP contribution >= 0.6 is 22.9 Å². The van der Waals surface area contributed by atoms with Gasteiger partial charge in [0.25, 0.3) is 0 Å². The van der Waals surface area contributed by atoms with Crippen LogP contribution in [0.1, 0.15) is 4.88 Å². The molecule has 0 aliphatic rings. The van der Waals surface area contributed by atoms with Crippen molar-refractivity contribution in [3.05, 3.63) is 45.6 Å². The minimum Gasteiger partial charge on any atom is -0.495 e. The molecule has 19 heavy (non-hydrogen) atoms. The number of benzene rings is 1. The molecule has 4 nitrogen and oxygen atoms in total. The van der Waals surface area contributed by atoms with Crippen molar-refractivity contribution in [2.24, 2.45) is 0 Å². The first-order valence-electron chi connectivity index (χ1n) is 5.38. The van der Waals surface area contributed by atoms with Gasteiger partial charge in [-0.1, -0.05) is 17.7 Å². The summed E-state index contributed by atoms with van der Waals surface area (Å²) in [7, 11) is -2.09. The van der Waals surface area contributed by atoms with Gasteiger partial charge in [0.2, 0.25) is 10.0 Å². The number of hydrogen-bond donors (Lipinski definition) is 1. The van der Waals surface area contributed by atoms with Crippen molar-refractivity contribution in [2.75, 3.05) is 7.11 Å². The molecular formula is C12H12ClNO3S2. The van der Waals surface area contributed by atoms with Gasteiger partial charge in [0, 0.05) is 11.4 Å². The third kappa shape index (κ3) is 3.48. The van der Waals surface area contributed by atoms with Gasteiger partial charge in [-0.3, -0.25) is 0 Å². The Hall–Kier alpha value is -1.08.